The molecule has 1 amide bonds. The summed E-state index contributed by atoms with van der Waals surface area (Å²) in [4.78, 5) is 14.9. The third-order valence-corrected chi connectivity index (χ3v) is 6.05. The average molecular weight is 446 g/mol. The summed E-state index contributed by atoms with van der Waals surface area (Å²) in [5.41, 5.74) is 2.57. The van der Waals surface area contributed by atoms with E-state index in [-0.39, 0.29) is 5.91 Å². The van der Waals surface area contributed by atoms with Crippen molar-refractivity contribution in [3.63, 3.8) is 0 Å². The molecule has 1 aliphatic rings. The zero-order valence-corrected chi connectivity index (χ0v) is 17.8. The van der Waals surface area contributed by atoms with E-state index < -0.39 is 0 Å². The summed E-state index contributed by atoms with van der Waals surface area (Å²) in [7, 11) is 0. The van der Waals surface area contributed by atoms with Gasteiger partial charge >= 0.3 is 0 Å². The van der Waals surface area contributed by atoms with Crippen molar-refractivity contribution in [2.45, 2.75) is 6.92 Å². The fourth-order valence-corrected chi connectivity index (χ4v) is 4.44. The molecule has 2 heterocycles. The predicted octanol–water partition coefficient (Wildman–Crippen LogP) is 6.97. The first-order valence-corrected chi connectivity index (χ1v) is 10.3. The number of hydrogen-bond acceptors (Lipinski definition) is 4. The largest absolute Gasteiger partial charge is 0.457 e. The number of benzene rings is 2. The van der Waals surface area contributed by atoms with E-state index in [4.69, 9.17) is 39.8 Å². The molecule has 0 spiro atoms. The number of rotatable bonds is 3. The van der Waals surface area contributed by atoms with Crippen LogP contribution >= 0.6 is 47.2 Å². The Morgan fingerprint density at radius 3 is 2.57 bits per heavy atom. The molecule has 3 nitrogen and oxygen atoms in total. The highest BCUT2D eigenvalue weighted by Crippen LogP contribution is 2.37. The molecule has 0 radical (unpaired) electrons. The lowest BCUT2D eigenvalue weighted by Crippen LogP contribution is -2.27. The minimum atomic E-state index is -0.169. The molecular weight excluding hydrogens is 433 g/mol. The Labute approximate surface area is 181 Å². The van der Waals surface area contributed by atoms with Gasteiger partial charge in [-0.2, -0.15) is 0 Å². The standard InChI is InChI=1S/C21H13Cl2NO2S2/c1-12-2-5-14(6-3-12)24-20(25)19(28-21(24)27)11-15-7-9-18(26-15)16-10-13(22)4-8-17(16)23/h2-11H,1H3/b19-11-. The van der Waals surface area contributed by atoms with E-state index in [2.05, 4.69) is 0 Å². The summed E-state index contributed by atoms with van der Waals surface area (Å²) in [5.74, 6) is 0.945. The lowest BCUT2D eigenvalue weighted by molar-refractivity contribution is -0.113. The summed E-state index contributed by atoms with van der Waals surface area (Å²) in [5, 5.41) is 1.10. The van der Waals surface area contributed by atoms with Crippen molar-refractivity contribution in [3.8, 4) is 11.3 Å². The van der Waals surface area contributed by atoms with Gasteiger partial charge < -0.3 is 4.42 Å². The van der Waals surface area contributed by atoms with E-state index >= 15 is 0 Å². The highest BCUT2D eigenvalue weighted by molar-refractivity contribution is 8.27. The molecule has 4 rings (SSSR count). The Morgan fingerprint density at radius 2 is 1.82 bits per heavy atom. The number of hydrogen-bond donors (Lipinski definition) is 0. The van der Waals surface area contributed by atoms with Gasteiger partial charge in [0.15, 0.2) is 4.32 Å². The highest BCUT2D eigenvalue weighted by Gasteiger charge is 2.33. The maximum absolute atomic E-state index is 12.9. The fraction of sp³-hybridized carbons (Fsp3) is 0.0476. The molecule has 140 valence electrons. The zero-order valence-electron chi connectivity index (χ0n) is 14.6. The number of anilines is 1. The molecule has 0 unspecified atom stereocenters. The average Bonchev–Trinajstić information content (AvgIpc) is 3.23. The molecule has 0 N–H and O–H groups in total. The number of aryl methyl sites for hydroxylation is 1. The number of thiocarbonyl (C=S) groups is 1. The molecule has 3 aromatic rings. The van der Waals surface area contributed by atoms with Gasteiger partial charge in [0.25, 0.3) is 5.91 Å². The van der Waals surface area contributed by atoms with Gasteiger partial charge in [-0.25, -0.2) is 0 Å². The Hall–Kier alpha value is -2.05. The maximum atomic E-state index is 12.9. The Kier molecular flexibility index (Phi) is 5.34. The Balaban J connectivity index is 1.62. The van der Waals surface area contributed by atoms with Gasteiger partial charge in [-0.15, -0.1) is 0 Å². The highest BCUT2D eigenvalue weighted by atomic mass is 35.5. The predicted molar refractivity (Wildman–Crippen MR) is 121 cm³/mol. The molecule has 0 saturated carbocycles. The molecule has 7 heteroatoms. The number of thioether (sulfide) groups is 1. The van der Waals surface area contributed by atoms with Gasteiger partial charge in [-0.3, -0.25) is 9.69 Å². The second-order valence-corrected chi connectivity index (χ2v) is 8.70. The molecule has 1 aromatic heterocycles. The monoisotopic (exact) mass is 445 g/mol. The SMILES string of the molecule is Cc1ccc(N2C(=O)/C(=C/c3ccc(-c4cc(Cl)ccc4Cl)o3)SC2=S)cc1. The van der Waals surface area contributed by atoms with Crippen LogP contribution in [0.25, 0.3) is 17.4 Å². The quantitative estimate of drug-likeness (QED) is 0.321. The van der Waals surface area contributed by atoms with E-state index in [0.29, 0.717) is 36.4 Å². The first-order chi connectivity index (χ1) is 13.4. The van der Waals surface area contributed by atoms with E-state index in [1.165, 1.54) is 16.7 Å². The normalized spacial score (nSPS) is 15.7. The van der Waals surface area contributed by atoms with Crippen molar-refractivity contribution in [3.05, 3.63) is 80.9 Å². The van der Waals surface area contributed by atoms with Crippen LogP contribution < -0.4 is 4.90 Å². The van der Waals surface area contributed by atoms with Crippen molar-refractivity contribution < 1.29 is 9.21 Å². The van der Waals surface area contributed by atoms with E-state index in [1.807, 2.05) is 31.2 Å². The van der Waals surface area contributed by atoms with Crippen LogP contribution in [0.4, 0.5) is 5.69 Å². The number of carbonyl (C=O) groups excluding carboxylic acids is 1. The van der Waals surface area contributed by atoms with Crippen LogP contribution in [0.15, 0.2) is 63.9 Å². The van der Waals surface area contributed by atoms with Crippen LogP contribution in [0.5, 0.6) is 0 Å². The number of furan rings is 1. The maximum Gasteiger partial charge on any atom is 0.270 e. The topological polar surface area (TPSA) is 33.5 Å². The first-order valence-electron chi connectivity index (χ1n) is 8.32. The van der Waals surface area contributed by atoms with Crippen LogP contribution in [-0.4, -0.2) is 10.2 Å². The van der Waals surface area contributed by atoms with Crippen LogP contribution in [0.3, 0.4) is 0 Å². The van der Waals surface area contributed by atoms with E-state index in [0.717, 1.165) is 11.3 Å². The number of amides is 1. The molecule has 1 aliphatic heterocycles. The number of carbonyl (C=O) groups is 1. The number of nitrogens with zero attached hydrogens (tertiary/aromatic N) is 1. The van der Waals surface area contributed by atoms with Gasteiger partial charge in [0.1, 0.15) is 11.5 Å². The minimum Gasteiger partial charge on any atom is -0.457 e. The second kappa shape index (κ2) is 7.76. The van der Waals surface area contributed by atoms with Gasteiger partial charge in [0.05, 0.1) is 15.6 Å². The first kappa shape index (κ1) is 19.3. The molecule has 0 bridgehead atoms. The molecule has 2 aromatic carbocycles. The van der Waals surface area contributed by atoms with E-state index in [1.54, 1.807) is 36.4 Å². The third-order valence-electron chi connectivity index (χ3n) is 4.18. The molecular formula is C21H13Cl2NO2S2. The Morgan fingerprint density at radius 1 is 1.07 bits per heavy atom. The lowest BCUT2D eigenvalue weighted by Gasteiger charge is -2.14. The van der Waals surface area contributed by atoms with Crippen LogP contribution in [0.1, 0.15) is 11.3 Å². The molecule has 0 atom stereocenters. The van der Waals surface area contributed by atoms with Crippen molar-refractivity contribution >= 4 is 69.2 Å². The summed E-state index contributed by atoms with van der Waals surface area (Å²) in [6.45, 7) is 1.99. The van der Waals surface area contributed by atoms with Gasteiger partial charge in [0.2, 0.25) is 0 Å². The molecule has 28 heavy (non-hydrogen) atoms. The Bertz CT molecular complexity index is 1120. The van der Waals surface area contributed by atoms with Gasteiger partial charge in [0, 0.05) is 16.7 Å². The number of halogens is 2. The van der Waals surface area contributed by atoms with Gasteiger partial charge in [-0.1, -0.05) is 64.9 Å². The smallest absolute Gasteiger partial charge is 0.270 e. The van der Waals surface area contributed by atoms with Crippen molar-refractivity contribution in [2.24, 2.45) is 0 Å². The van der Waals surface area contributed by atoms with Crippen LogP contribution in [0, 0.1) is 6.92 Å². The van der Waals surface area contributed by atoms with Gasteiger partial charge in [-0.05, 0) is 49.4 Å². The molecule has 1 fully saturated rings. The minimum absolute atomic E-state index is 0.169. The zero-order chi connectivity index (χ0) is 19.8. The molecule has 0 aliphatic carbocycles. The second-order valence-electron chi connectivity index (χ2n) is 6.18. The summed E-state index contributed by atoms with van der Waals surface area (Å²) < 4.78 is 6.35. The molecule has 1 saturated heterocycles. The summed E-state index contributed by atoms with van der Waals surface area (Å²) >= 11 is 18.9. The van der Waals surface area contributed by atoms with Crippen LogP contribution in [-0.2, 0) is 4.79 Å². The summed E-state index contributed by atoms with van der Waals surface area (Å²) in [6, 6.07) is 16.4. The summed E-state index contributed by atoms with van der Waals surface area (Å²) in [6.07, 6.45) is 1.69. The van der Waals surface area contributed by atoms with Crippen LogP contribution in [0.2, 0.25) is 10.0 Å². The van der Waals surface area contributed by atoms with Crippen molar-refractivity contribution in [1.82, 2.24) is 0 Å². The van der Waals surface area contributed by atoms with Crippen molar-refractivity contribution in [1.29, 1.82) is 0 Å². The third kappa shape index (κ3) is 3.76. The van der Waals surface area contributed by atoms with E-state index in [9.17, 15) is 4.79 Å². The fourth-order valence-electron chi connectivity index (χ4n) is 2.77. The lowest BCUT2D eigenvalue weighted by atomic mass is 10.2. The van der Waals surface area contributed by atoms with Crippen molar-refractivity contribution in [2.75, 3.05) is 4.90 Å².